The molecule has 0 heterocycles. The molecule has 2 unspecified atom stereocenters. The van der Waals surface area contributed by atoms with Crippen LogP contribution in [0.15, 0.2) is 0 Å². The van der Waals surface area contributed by atoms with Gasteiger partial charge in [0.05, 0.1) is 0 Å². The van der Waals surface area contributed by atoms with Crippen LogP contribution >= 0.6 is 0 Å². The van der Waals surface area contributed by atoms with Gasteiger partial charge in [0.1, 0.15) is 6.04 Å². The highest BCUT2D eigenvalue weighted by atomic mass is 16.4. The molecule has 16 heavy (non-hydrogen) atoms. The quantitative estimate of drug-likeness (QED) is 0.678. The van der Waals surface area contributed by atoms with Crippen LogP contribution in [0.2, 0.25) is 0 Å². The van der Waals surface area contributed by atoms with Crippen molar-refractivity contribution in [2.45, 2.75) is 50.7 Å². The predicted octanol–water partition coefficient (Wildman–Crippen LogP) is 0.922. The van der Waals surface area contributed by atoms with E-state index in [0.717, 1.165) is 18.8 Å². The van der Waals surface area contributed by atoms with Crippen molar-refractivity contribution in [2.24, 2.45) is 5.92 Å². The number of carbonyl (C=O) groups is 1. The summed E-state index contributed by atoms with van der Waals surface area (Å²) >= 11 is 0. The molecule has 4 heteroatoms. The van der Waals surface area contributed by atoms with Crippen LogP contribution in [-0.2, 0) is 4.79 Å². The van der Waals surface area contributed by atoms with Gasteiger partial charge in [0.15, 0.2) is 0 Å². The van der Waals surface area contributed by atoms with Crippen LogP contribution in [0.25, 0.3) is 0 Å². The van der Waals surface area contributed by atoms with E-state index in [-0.39, 0.29) is 0 Å². The number of carboxylic acid groups (broad SMARTS) is 1. The van der Waals surface area contributed by atoms with Gasteiger partial charge in [0.25, 0.3) is 0 Å². The fraction of sp³-hybridized carbons (Fsp3) is 0.917. The van der Waals surface area contributed by atoms with Gasteiger partial charge in [-0.15, -0.1) is 0 Å². The first-order valence-electron chi connectivity index (χ1n) is 6.27. The smallest absolute Gasteiger partial charge is 0.322 e. The van der Waals surface area contributed by atoms with Crippen molar-refractivity contribution >= 4 is 5.97 Å². The summed E-state index contributed by atoms with van der Waals surface area (Å²) in [6, 6.07) is 0.562. The number of likely N-dealkylation sites (N-methyl/N-ethyl adjacent to an activating group) is 1. The highest BCUT2D eigenvalue weighted by molar-refractivity contribution is 5.73. The van der Waals surface area contributed by atoms with Gasteiger partial charge in [-0.1, -0.05) is 0 Å². The molecule has 2 fully saturated rings. The van der Waals surface area contributed by atoms with Gasteiger partial charge in [0, 0.05) is 18.6 Å². The highest BCUT2D eigenvalue weighted by Crippen LogP contribution is 2.34. The number of carboxylic acids is 1. The Morgan fingerprint density at radius 2 is 2.06 bits per heavy atom. The second kappa shape index (κ2) is 4.72. The Balaban J connectivity index is 1.80. The lowest BCUT2D eigenvalue weighted by atomic mass is 10.1. The number of hydrogen-bond donors (Lipinski definition) is 2. The van der Waals surface area contributed by atoms with E-state index in [0.29, 0.717) is 18.6 Å². The van der Waals surface area contributed by atoms with Crippen molar-refractivity contribution in [2.75, 3.05) is 13.6 Å². The molecule has 0 aromatic rings. The topological polar surface area (TPSA) is 52.6 Å². The Labute approximate surface area is 97.0 Å². The Morgan fingerprint density at radius 3 is 2.50 bits per heavy atom. The Bertz CT molecular complexity index is 262. The predicted molar refractivity (Wildman–Crippen MR) is 62.4 cm³/mol. The summed E-state index contributed by atoms with van der Waals surface area (Å²) in [5.74, 6) is 0.0714. The van der Waals surface area contributed by atoms with Crippen LogP contribution in [0.1, 0.15) is 32.6 Å². The minimum Gasteiger partial charge on any atom is -0.480 e. The van der Waals surface area contributed by atoms with Crippen LogP contribution < -0.4 is 5.32 Å². The second-order valence-electron chi connectivity index (χ2n) is 5.35. The van der Waals surface area contributed by atoms with E-state index in [2.05, 4.69) is 17.1 Å². The maximum absolute atomic E-state index is 11.1. The van der Waals surface area contributed by atoms with Crippen molar-refractivity contribution in [1.82, 2.24) is 10.2 Å². The van der Waals surface area contributed by atoms with Gasteiger partial charge in [-0.3, -0.25) is 4.79 Å². The SMILES string of the molecule is CC(C1CC1)N(C)CC(NC1CC1)C(=O)O. The molecule has 0 radical (unpaired) electrons. The number of nitrogens with one attached hydrogen (secondary N) is 1. The molecular weight excluding hydrogens is 204 g/mol. The normalized spacial score (nSPS) is 24.4. The van der Waals surface area contributed by atoms with Crippen LogP contribution in [-0.4, -0.2) is 47.7 Å². The van der Waals surface area contributed by atoms with Gasteiger partial charge in [0.2, 0.25) is 0 Å². The zero-order valence-electron chi connectivity index (χ0n) is 10.1. The third kappa shape index (κ3) is 3.19. The maximum atomic E-state index is 11.1. The van der Waals surface area contributed by atoms with E-state index in [4.69, 9.17) is 5.11 Å². The monoisotopic (exact) mass is 226 g/mol. The minimum atomic E-state index is -0.721. The number of nitrogens with zero attached hydrogens (tertiary/aromatic N) is 1. The number of aliphatic carboxylic acids is 1. The summed E-state index contributed by atoms with van der Waals surface area (Å²) in [5, 5.41) is 12.3. The lowest BCUT2D eigenvalue weighted by Crippen LogP contribution is -2.48. The van der Waals surface area contributed by atoms with Crippen molar-refractivity contribution in [3.8, 4) is 0 Å². The van der Waals surface area contributed by atoms with Gasteiger partial charge in [-0.2, -0.15) is 0 Å². The van der Waals surface area contributed by atoms with Gasteiger partial charge in [-0.05, 0) is 45.6 Å². The molecule has 0 aromatic carbocycles. The van der Waals surface area contributed by atoms with Gasteiger partial charge >= 0.3 is 5.97 Å². The van der Waals surface area contributed by atoms with Crippen molar-refractivity contribution in [3.63, 3.8) is 0 Å². The fourth-order valence-corrected chi connectivity index (χ4v) is 2.13. The molecule has 2 saturated carbocycles. The first kappa shape index (κ1) is 11.9. The zero-order valence-corrected chi connectivity index (χ0v) is 10.1. The summed E-state index contributed by atoms with van der Waals surface area (Å²) in [6.07, 6.45) is 4.87. The highest BCUT2D eigenvalue weighted by Gasteiger charge is 2.34. The molecule has 0 amide bonds. The number of rotatable bonds is 7. The number of hydrogen-bond acceptors (Lipinski definition) is 3. The van der Waals surface area contributed by atoms with Crippen LogP contribution in [0.3, 0.4) is 0 Å². The Morgan fingerprint density at radius 1 is 1.44 bits per heavy atom. The molecule has 0 saturated heterocycles. The van der Waals surface area contributed by atoms with Crippen molar-refractivity contribution in [1.29, 1.82) is 0 Å². The van der Waals surface area contributed by atoms with Crippen LogP contribution in [0.5, 0.6) is 0 Å². The van der Waals surface area contributed by atoms with E-state index in [1.165, 1.54) is 12.8 Å². The van der Waals surface area contributed by atoms with E-state index >= 15 is 0 Å². The average molecular weight is 226 g/mol. The first-order valence-corrected chi connectivity index (χ1v) is 6.27. The summed E-state index contributed by atoms with van der Waals surface area (Å²) < 4.78 is 0. The average Bonchev–Trinajstić information content (AvgIpc) is 3.08. The lowest BCUT2D eigenvalue weighted by Gasteiger charge is -2.27. The maximum Gasteiger partial charge on any atom is 0.322 e. The van der Waals surface area contributed by atoms with Gasteiger partial charge in [-0.25, -0.2) is 0 Å². The molecule has 0 bridgehead atoms. The van der Waals surface area contributed by atoms with Crippen LogP contribution in [0.4, 0.5) is 0 Å². The lowest BCUT2D eigenvalue weighted by molar-refractivity contribution is -0.140. The van der Waals surface area contributed by atoms with E-state index < -0.39 is 12.0 Å². The van der Waals surface area contributed by atoms with Crippen molar-refractivity contribution < 1.29 is 9.90 Å². The Kier molecular flexibility index (Phi) is 3.50. The molecule has 0 spiro atoms. The molecule has 0 aliphatic heterocycles. The third-order valence-electron chi connectivity index (χ3n) is 3.78. The van der Waals surface area contributed by atoms with E-state index in [1.54, 1.807) is 0 Å². The summed E-state index contributed by atoms with van der Waals surface area (Å²) in [6.45, 7) is 2.82. The molecule has 0 aromatic heterocycles. The summed E-state index contributed by atoms with van der Waals surface area (Å²) in [4.78, 5) is 13.3. The summed E-state index contributed by atoms with van der Waals surface area (Å²) in [7, 11) is 2.04. The molecule has 92 valence electrons. The summed E-state index contributed by atoms with van der Waals surface area (Å²) in [5.41, 5.74) is 0. The molecule has 2 atom stereocenters. The van der Waals surface area contributed by atoms with Crippen LogP contribution in [0, 0.1) is 5.92 Å². The largest absolute Gasteiger partial charge is 0.480 e. The van der Waals surface area contributed by atoms with Crippen molar-refractivity contribution in [3.05, 3.63) is 0 Å². The molecule has 2 N–H and O–H groups in total. The fourth-order valence-electron chi connectivity index (χ4n) is 2.13. The molecule has 2 aliphatic carbocycles. The third-order valence-corrected chi connectivity index (χ3v) is 3.78. The zero-order chi connectivity index (χ0) is 11.7. The molecule has 4 nitrogen and oxygen atoms in total. The second-order valence-corrected chi connectivity index (χ2v) is 5.35. The first-order chi connectivity index (χ1) is 7.58. The van der Waals surface area contributed by atoms with E-state index in [9.17, 15) is 4.79 Å². The Hall–Kier alpha value is -0.610. The molecular formula is C12H22N2O2. The van der Waals surface area contributed by atoms with Gasteiger partial charge < -0.3 is 15.3 Å². The minimum absolute atomic E-state index is 0.404. The van der Waals surface area contributed by atoms with E-state index in [1.807, 2.05) is 7.05 Å². The molecule has 2 aliphatic rings. The molecule has 2 rings (SSSR count). The standard InChI is InChI=1S/C12H22N2O2/c1-8(9-3-4-9)14(2)7-11(12(15)16)13-10-5-6-10/h8-11,13H,3-7H2,1-2H3,(H,15,16).